The minimum absolute atomic E-state index is 0.00168. The number of carbonyl (C=O) groups excluding carboxylic acids is 2. The van der Waals surface area contributed by atoms with Gasteiger partial charge >= 0.3 is 6.03 Å². The van der Waals surface area contributed by atoms with Gasteiger partial charge in [-0.1, -0.05) is 44.2 Å². The predicted octanol–water partition coefficient (Wildman–Crippen LogP) is 4.91. The highest BCUT2D eigenvalue weighted by molar-refractivity contribution is 5.98. The van der Waals surface area contributed by atoms with Crippen LogP contribution in [-0.4, -0.2) is 29.8 Å². The van der Waals surface area contributed by atoms with Gasteiger partial charge in [0.25, 0.3) is 0 Å². The van der Waals surface area contributed by atoms with E-state index in [1.54, 1.807) is 0 Å². The lowest BCUT2D eigenvalue weighted by Gasteiger charge is -2.37. The van der Waals surface area contributed by atoms with Crippen LogP contribution in [-0.2, 0) is 6.42 Å². The molecule has 1 aliphatic heterocycles. The van der Waals surface area contributed by atoms with Crippen molar-refractivity contribution in [3.8, 4) is 0 Å². The zero-order chi connectivity index (χ0) is 20.6. The van der Waals surface area contributed by atoms with Crippen molar-refractivity contribution in [2.24, 2.45) is 11.3 Å². The van der Waals surface area contributed by atoms with Gasteiger partial charge in [-0.2, -0.15) is 0 Å². The fourth-order valence-corrected chi connectivity index (χ4v) is 4.74. The number of fused-ring (bicyclic) bond motifs is 1. The van der Waals surface area contributed by atoms with Gasteiger partial charge in [-0.3, -0.25) is 4.79 Å². The van der Waals surface area contributed by atoms with Crippen LogP contribution in [0.4, 0.5) is 4.79 Å². The summed E-state index contributed by atoms with van der Waals surface area (Å²) in [4.78, 5) is 27.5. The Balaban J connectivity index is 1.37. The minimum atomic E-state index is -0.0388. The molecule has 29 heavy (non-hydrogen) atoms. The molecule has 1 unspecified atom stereocenters. The van der Waals surface area contributed by atoms with Gasteiger partial charge in [0.05, 0.1) is 6.04 Å². The molecule has 5 nitrogen and oxygen atoms in total. The van der Waals surface area contributed by atoms with Crippen LogP contribution in [0, 0.1) is 18.3 Å². The Morgan fingerprint density at radius 3 is 2.52 bits per heavy atom. The van der Waals surface area contributed by atoms with E-state index in [4.69, 9.17) is 4.42 Å². The molecular formula is C24H30N2O3. The summed E-state index contributed by atoms with van der Waals surface area (Å²) in [7, 11) is 0. The van der Waals surface area contributed by atoms with Crippen LogP contribution in [0.1, 0.15) is 66.6 Å². The van der Waals surface area contributed by atoms with E-state index in [9.17, 15) is 9.59 Å². The van der Waals surface area contributed by atoms with E-state index in [0.29, 0.717) is 25.9 Å². The molecule has 5 heteroatoms. The topological polar surface area (TPSA) is 62.6 Å². The van der Waals surface area contributed by atoms with Crippen molar-refractivity contribution in [3.05, 3.63) is 59.0 Å². The number of urea groups is 1. The standard InChI is InChI=1S/C24H30N2O3/c1-16-13-19-20(14-24(2,3)15-21(19)29-16)25-23(28)26-11-9-18(10-12-26)22(27)17-7-5-4-6-8-17/h4-8,13,18,20H,9-12,14-15H2,1-3H3,(H,25,28). The smallest absolute Gasteiger partial charge is 0.317 e. The molecule has 0 spiro atoms. The Labute approximate surface area is 172 Å². The molecule has 1 aromatic heterocycles. The van der Waals surface area contributed by atoms with Gasteiger partial charge in [-0.25, -0.2) is 4.79 Å². The number of likely N-dealkylation sites (tertiary alicyclic amines) is 1. The highest BCUT2D eigenvalue weighted by Crippen LogP contribution is 2.42. The number of amides is 2. The van der Waals surface area contributed by atoms with Crippen LogP contribution in [0.25, 0.3) is 0 Å². The van der Waals surface area contributed by atoms with Crippen molar-refractivity contribution in [3.63, 3.8) is 0 Å². The molecule has 1 fully saturated rings. The van der Waals surface area contributed by atoms with Crippen LogP contribution in [0.2, 0.25) is 0 Å². The average molecular weight is 395 g/mol. The van der Waals surface area contributed by atoms with Crippen LogP contribution < -0.4 is 5.32 Å². The van der Waals surface area contributed by atoms with Gasteiger partial charge < -0.3 is 14.6 Å². The molecule has 1 N–H and O–H groups in total. The van der Waals surface area contributed by atoms with Crippen molar-refractivity contribution in [2.75, 3.05) is 13.1 Å². The van der Waals surface area contributed by atoms with Crippen molar-refractivity contribution < 1.29 is 14.0 Å². The first-order chi connectivity index (χ1) is 13.8. The molecule has 2 aliphatic rings. The lowest BCUT2D eigenvalue weighted by molar-refractivity contribution is 0.0851. The Morgan fingerprint density at radius 1 is 1.14 bits per heavy atom. The first-order valence-electron chi connectivity index (χ1n) is 10.6. The SMILES string of the molecule is Cc1cc2c(o1)CC(C)(C)CC2NC(=O)N1CCC(C(=O)c2ccccc2)CC1. The van der Waals surface area contributed by atoms with E-state index >= 15 is 0 Å². The van der Waals surface area contributed by atoms with Crippen LogP contribution in [0.5, 0.6) is 0 Å². The number of carbonyl (C=O) groups is 2. The number of ketones is 1. The van der Waals surface area contributed by atoms with Gasteiger partial charge in [0.2, 0.25) is 0 Å². The van der Waals surface area contributed by atoms with E-state index in [2.05, 4.69) is 25.2 Å². The summed E-state index contributed by atoms with van der Waals surface area (Å²) < 4.78 is 5.88. The van der Waals surface area contributed by atoms with Gasteiger partial charge in [-0.05, 0) is 37.7 Å². The zero-order valence-corrected chi connectivity index (χ0v) is 17.5. The van der Waals surface area contributed by atoms with Gasteiger partial charge in [-0.15, -0.1) is 0 Å². The number of piperidine rings is 1. The van der Waals surface area contributed by atoms with Crippen molar-refractivity contribution in [1.29, 1.82) is 0 Å². The van der Waals surface area contributed by atoms with Crippen LogP contribution >= 0.6 is 0 Å². The normalized spacial score (nSPS) is 21.5. The first kappa shape index (κ1) is 19.7. The third-order valence-electron chi connectivity index (χ3n) is 6.25. The number of benzene rings is 1. The number of Topliss-reactive ketones (excluding diaryl/α,β-unsaturated/α-hetero) is 1. The molecule has 1 aliphatic carbocycles. The maximum absolute atomic E-state index is 12.9. The molecule has 2 amide bonds. The minimum Gasteiger partial charge on any atom is -0.466 e. The highest BCUT2D eigenvalue weighted by atomic mass is 16.3. The lowest BCUT2D eigenvalue weighted by Crippen LogP contribution is -2.47. The van der Waals surface area contributed by atoms with Crippen molar-refractivity contribution in [1.82, 2.24) is 10.2 Å². The molecule has 0 saturated carbocycles. The molecule has 1 saturated heterocycles. The third-order valence-corrected chi connectivity index (χ3v) is 6.25. The maximum Gasteiger partial charge on any atom is 0.317 e. The van der Waals surface area contributed by atoms with Gasteiger partial charge in [0.1, 0.15) is 11.5 Å². The molecule has 1 aromatic carbocycles. The summed E-state index contributed by atoms with van der Waals surface area (Å²) >= 11 is 0. The second kappa shape index (κ2) is 7.69. The number of hydrogen-bond acceptors (Lipinski definition) is 3. The summed E-state index contributed by atoms with van der Waals surface area (Å²) in [5.74, 6) is 2.08. The summed E-state index contributed by atoms with van der Waals surface area (Å²) in [6, 6.07) is 11.4. The van der Waals surface area contributed by atoms with Crippen molar-refractivity contribution in [2.45, 2.75) is 52.5 Å². The molecule has 2 aromatic rings. The molecule has 1 atom stereocenters. The van der Waals surface area contributed by atoms with E-state index < -0.39 is 0 Å². The fourth-order valence-electron chi connectivity index (χ4n) is 4.74. The Kier molecular flexibility index (Phi) is 5.24. The summed E-state index contributed by atoms with van der Waals surface area (Å²) in [5, 5.41) is 3.23. The Hall–Kier alpha value is -2.56. The van der Waals surface area contributed by atoms with Gasteiger partial charge in [0.15, 0.2) is 5.78 Å². The monoisotopic (exact) mass is 394 g/mol. The highest BCUT2D eigenvalue weighted by Gasteiger charge is 2.37. The van der Waals surface area contributed by atoms with Gasteiger partial charge in [0, 0.05) is 36.6 Å². The summed E-state index contributed by atoms with van der Waals surface area (Å²) in [6.07, 6.45) is 3.23. The Bertz CT molecular complexity index is 892. The first-order valence-corrected chi connectivity index (χ1v) is 10.6. The third kappa shape index (κ3) is 4.24. The second-order valence-electron chi connectivity index (χ2n) is 9.27. The van der Waals surface area contributed by atoms with Crippen LogP contribution in [0.3, 0.4) is 0 Å². The number of nitrogens with zero attached hydrogens (tertiary/aromatic N) is 1. The molecule has 0 bridgehead atoms. The lowest BCUT2D eigenvalue weighted by atomic mass is 9.75. The number of nitrogens with one attached hydrogen (secondary N) is 1. The van der Waals surface area contributed by atoms with E-state index in [1.807, 2.05) is 42.2 Å². The zero-order valence-electron chi connectivity index (χ0n) is 17.5. The molecular weight excluding hydrogens is 364 g/mol. The molecule has 2 heterocycles. The van der Waals surface area contributed by atoms with E-state index in [1.165, 1.54) is 0 Å². The predicted molar refractivity (Wildman–Crippen MR) is 112 cm³/mol. The number of aryl methyl sites for hydroxylation is 1. The maximum atomic E-state index is 12.9. The number of hydrogen-bond donors (Lipinski definition) is 1. The Morgan fingerprint density at radius 2 is 1.83 bits per heavy atom. The van der Waals surface area contributed by atoms with Crippen LogP contribution in [0.15, 0.2) is 40.8 Å². The second-order valence-corrected chi connectivity index (χ2v) is 9.27. The van der Waals surface area contributed by atoms with E-state index in [0.717, 1.165) is 35.5 Å². The summed E-state index contributed by atoms with van der Waals surface area (Å²) in [5.41, 5.74) is 1.97. The largest absolute Gasteiger partial charge is 0.466 e. The molecule has 4 rings (SSSR count). The molecule has 154 valence electrons. The average Bonchev–Trinajstić information content (AvgIpc) is 3.07. The number of rotatable bonds is 3. The van der Waals surface area contributed by atoms with Crippen molar-refractivity contribution >= 4 is 11.8 Å². The summed E-state index contributed by atoms with van der Waals surface area (Å²) in [6.45, 7) is 7.62. The fraction of sp³-hybridized carbons (Fsp3) is 0.500. The quantitative estimate of drug-likeness (QED) is 0.753. The van der Waals surface area contributed by atoms with E-state index in [-0.39, 0.29) is 29.2 Å². The number of furan rings is 1. The molecule has 0 radical (unpaired) electrons.